The fourth-order valence-electron chi connectivity index (χ4n) is 2.72. The number of nitrogen functional groups attached to an aromatic ring is 1. The van der Waals surface area contributed by atoms with Crippen molar-refractivity contribution in [2.45, 2.75) is 64.8 Å². The van der Waals surface area contributed by atoms with Crippen LogP contribution in [0.1, 0.15) is 58.3 Å². The minimum absolute atomic E-state index is 0.653. The van der Waals surface area contributed by atoms with E-state index in [1.165, 1.54) is 51.4 Å². The Bertz CT molecular complexity index is 516. The molecule has 2 aromatic rings. The summed E-state index contributed by atoms with van der Waals surface area (Å²) in [6.07, 6.45) is 10.7. The fourth-order valence-corrected chi connectivity index (χ4v) is 2.72. The Morgan fingerprint density at radius 3 is 2.35 bits per heavy atom. The van der Waals surface area contributed by atoms with Gasteiger partial charge in [0.1, 0.15) is 0 Å². The molecule has 0 amide bonds. The Morgan fingerprint density at radius 1 is 0.950 bits per heavy atom. The molecule has 3 heteroatoms. The maximum atomic E-state index is 5.94. The third kappa shape index (κ3) is 3.99. The van der Waals surface area contributed by atoms with E-state index >= 15 is 0 Å². The van der Waals surface area contributed by atoms with Crippen molar-refractivity contribution >= 4 is 16.7 Å². The molecule has 0 spiro atoms. The van der Waals surface area contributed by atoms with Crippen LogP contribution in [0.5, 0.6) is 0 Å². The number of nitrogens with zero attached hydrogens (tertiary/aromatic N) is 2. The highest BCUT2D eigenvalue weighted by Crippen LogP contribution is 2.20. The van der Waals surface area contributed by atoms with Gasteiger partial charge < -0.3 is 5.73 Å². The predicted octanol–water partition coefficient (Wildman–Crippen LogP) is 4.76. The second kappa shape index (κ2) is 7.93. The number of anilines is 1. The first-order valence-electron chi connectivity index (χ1n) is 8.04. The number of hydrogen-bond acceptors (Lipinski definition) is 2. The highest BCUT2D eigenvalue weighted by atomic mass is 15.3. The van der Waals surface area contributed by atoms with E-state index in [4.69, 9.17) is 5.73 Å². The number of fused-ring (bicyclic) bond motifs is 1. The topological polar surface area (TPSA) is 43.8 Å². The molecule has 2 rings (SSSR count). The summed E-state index contributed by atoms with van der Waals surface area (Å²) < 4.78 is 2.06. The predicted molar refractivity (Wildman–Crippen MR) is 86.8 cm³/mol. The Labute approximate surface area is 122 Å². The molecule has 2 N–H and O–H groups in total. The molecule has 0 saturated carbocycles. The third-order valence-corrected chi connectivity index (χ3v) is 3.91. The molecule has 0 fully saturated rings. The molecule has 1 aromatic heterocycles. The van der Waals surface area contributed by atoms with Gasteiger partial charge in [-0.3, -0.25) is 4.68 Å². The molecule has 3 nitrogen and oxygen atoms in total. The minimum atomic E-state index is 0.653. The van der Waals surface area contributed by atoms with Crippen molar-refractivity contribution in [2.75, 3.05) is 5.73 Å². The van der Waals surface area contributed by atoms with Crippen LogP contribution in [0.15, 0.2) is 24.3 Å². The lowest BCUT2D eigenvalue weighted by Crippen LogP contribution is -2.00. The molecular formula is C17H27N3. The summed E-state index contributed by atoms with van der Waals surface area (Å²) in [4.78, 5) is 0. The monoisotopic (exact) mass is 273 g/mol. The average Bonchev–Trinajstić information content (AvgIpc) is 2.79. The van der Waals surface area contributed by atoms with E-state index in [1.54, 1.807) is 0 Å². The van der Waals surface area contributed by atoms with Gasteiger partial charge in [0.25, 0.3) is 0 Å². The van der Waals surface area contributed by atoms with Gasteiger partial charge in [-0.05, 0) is 18.6 Å². The molecule has 0 bridgehead atoms. The lowest BCUT2D eigenvalue weighted by Gasteiger charge is -2.04. The van der Waals surface area contributed by atoms with Crippen LogP contribution in [0.2, 0.25) is 0 Å². The second-order valence-corrected chi connectivity index (χ2v) is 5.60. The molecule has 0 aliphatic rings. The molecule has 0 unspecified atom stereocenters. The summed E-state index contributed by atoms with van der Waals surface area (Å²) in [7, 11) is 0. The largest absolute Gasteiger partial charge is 0.382 e. The summed E-state index contributed by atoms with van der Waals surface area (Å²) in [5.74, 6) is 0.653. The summed E-state index contributed by atoms with van der Waals surface area (Å²) in [5.41, 5.74) is 7.10. The molecule has 1 aromatic carbocycles. The van der Waals surface area contributed by atoms with Crippen LogP contribution in [0, 0.1) is 0 Å². The summed E-state index contributed by atoms with van der Waals surface area (Å²) in [6.45, 7) is 3.24. The first-order valence-corrected chi connectivity index (χ1v) is 8.04. The van der Waals surface area contributed by atoms with E-state index in [1.807, 2.05) is 18.2 Å². The normalized spacial score (nSPS) is 11.2. The van der Waals surface area contributed by atoms with Crippen molar-refractivity contribution in [1.82, 2.24) is 9.78 Å². The van der Waals surface area contributed by atoms with Gasteiger partial charge in [0.05, 0.1) is 5.52 Å². The van der Waals surface area contributed by atoms with Gasteiger partial charge >= 0.3 is 0 Å². The van der Waals surface area contributed by atoms with Crippen LogP contribution in [-0.4, -0.2) is 9.78 Å². The van der Waals surface area contributed by atoms with E-state index in [0.717, 1.165) is 17.4 Å². The van der Waals surface area contributed by atoms with Gasteiger partial charge in [-0.25, -0.2) is 0 Å². The van der Waals surface area contributed by atoms with Crippen LogP contribution in [0.3, 0.4) is 0 Å². The van der Waals surface area contributed by atoms with Crippen LogP contribution < -0.4 is 5.73 Å². The zero-order chi connectivity index (χ0) is 14.2. The minimum Gasteiger partial charge on any atom is -0.382 e. The second-order valence-electron chi connectivity index (χ2n) is 5.60. The van der Waals surface area contributed by atoms with Crippen molar-refractivity contribution in [3.05, 3.63) is 24.3 Å². The van der Waals surface area contributed by atoms with Gasteiger partial charge in [0.2, 0.25) is 0 Å². The van der Waals surface area contributed by atoms with E-state index in [9.17, 15) is 0 Å². The molecular weight excluding hydrogens is 246 g/mol. The summed E-state index contributed by atoms with van der Waals surface area (Å²) in [6, 6.07) is 8.21. The summed E-state index contributed by atoms with van der Waals surface area (Å²) >= 11 is 0. The van der Waals surface area contributed by atoms with Crippen LogP contribution >= 0.6 is 0 Å². The molecule has 0 radical (unpaired) electrons. The molecule has 110 valence electrons. The Hall–Kier alpha value is -1.51. The maximum Gasteiger partial charge on any atom is 0.153 e. The molecule has 0 atom stereocenters. The molecule has 1 heterocycles. The SMILES string of the molecule is CCCCCCCCCCn1nc(N)c2ccccc21. The molecule has 0 aliphatic carbocycles. The van der Waals surface area contributed by atoms with Crippen molar-refractivity contribution in [3.8, 4) is 0 Å². The fraction of sp³-hybridized carbons (Fsp3) is 0.588. The molecule has 20 heavy (non-hydrogen) atoms. The Balaban J connectivity index is 1.71. The zero-order valence-corrected chi connectivity index (χ0v) is 12.6. The number of aryl methyl sites for hydroxylation is 1. The average molecular weight is 273 g/mol. The zero-order valence-electron chi connectivity index (χ0n) is 12.6. The van der Waals surface area contributed by atoms with E-state index in [2.05, 4.69) is 22.8 Å². The van der Waals surface area contributed by atoms with Gasteiger partial charge in [-0.2, -0.15) is 5.10 Å². The lowest BCUT2D eigenvalue weighted by molar-refractivity contribution is 0.529. The Kier molecular flexibility index (Phi) is 5.90. The quantitative estimate of drug-likeness (QED) is 0.669. The Morgan fingerprint density at radius 2 is 1.60 bits per heavy atom. The van der Waals surface area contributed by atoms with Gasteiger partial charge in [-0.15, -0.1) is 0 Å². The van der Waals surface area contributed by atoms with Gasteiger partial charge in [0.15, 0.2) is 5.82 Å². The van der Waals surface area contributed by atoms with Crippen molar-refractivity contribution in [2.24, 2.45) is 0 Å². The number of para-hydroxylation sites is 1. The van der Waals surface area contributed by atoms with Crippen LogP contribution in [-0.2, 0) is 6.54 Å². The number of benzene rings is 1. The van der Waals surface area contributed by atoms with Gasteiger partial charge in [-0.1, -0.05) is 64.0 Å². The number of aromatic nitrogens is 2. The third-order valence-electron chi connectivity index (χ3n) is 3.91. The molecule has 0 saturated heterocycles. The first kappa shape index (κ1) is 14.9. The highest BCUT2D eigenvalue weighted by molar-refractivity contribution is 5.88. The summed E-state index contributed by atoms with van der Waals surface area (Å²) in [5, 5.41) is 5.52. The van der Waals surface area contributed by atoms with Crippen molar-refractivity contribution < 1.29 is 0 Å². The first-order chi connectivity index (χ1) is 9.83. The lowest BCUT2D eigenvalue weighted by atomic mass is 10.1. The van der Waals surface area contributed by atoms with Gasteiger partial charge in [0, 0.05) is 11.9 Å². The van der Waals surface area contributed by atoms with Crippen molar-refractivity contribution in [1.29, 1.82) is 0 Å². The van der Waals surface area contributed by atoms with Crippen molar-refractivity contribution in [3.63, 3.8) is 0 Å². The smallest absolute Gasteiger partial charge is 0.153 e. The number of nitrogens with two attached hydrogens (primary N) is 1. The van der Waals surface area contributed by atoms with Crippen LogP contribution in [0.4, 0.5) is 5.82 Å². The number of rotatable bonds is 9. The van der Waals surface area contributed by atoms with Crippen LogP contribution in [0.25, 0.3) is 10.9 Å². The number of hydrogen-bond donors (Lipinski definition) is 1. The highest BCUT2D eigenvalue weighted by Gasteiger charge is 2.06. The van der Waals surface area contributed by atoms with E-state index in [0.29, 0.717) is 5.82 Å². The standard InChI is InChI=1S/C17H27N3/c1-2-3-4-5-6-7-8-11-14-20-16-13-10-9-12-15(16)17(18)19-20/h9-10,12-13H,2-8,11,14H2,1H3,(H2,18,19). The number of unbranched alkanes of at least 4 members (excludes halogenated alkanes) is 7. The molecule has 0 aliphatic heterocycles. The maximum absolute atomic E-state index is 5.94. The van der Waals surface area contributed by atoms with E-state index < -0.39 is 0 Å². The van der Waals surface area contributed by atoms with E-state index in [-0.39, 0.29) is 0 Å².